The minimum Gasteiger partial charge on any atom is -0.494 e. The Morgan fingerprint density at radius 1 is 1.37 bits per heavy atom. The number of nitrogens with one attached hydrogen (secondary N) is 1. The lowest BCUT2D eigenvalue weighted by Crippen LogP contribution is -2.50. The molecule has 1 aliphatic rings. The maximum absolute atomic E-state index is 12.5. The number of likely N-dealkylation sites (N-methyl/N-ethyl adjacent to an activating group) is 1. The van der Waals surface area contributed by atoms with Crippen molar-refractivity contribution < 1.29 is 9.53 Å². The van der Waals surface area contributed by atoms with Crippen LogP contribution >= 0.6 is 0 Å². The van der Waals surface area contributed by atoms with E-state index < -0.39 is 5.54 Å². The molecule has 1 aromatic carbocycles. The number of nitrogens with zero attached hydrogens (tertiary/aromatic N) is 1. The van der Waals surface area contributed by atoms with Crippen LogP contribution in [-0.2, 0) is 10.3 Å². The van der Waals surface area contributed by atoms with Crippen molar-refractivity contribution in [3.8, 4) is 5.75 Å². The van der Waals surface area contributed by atoms with Crippen LogP contribution in [0.2, 0.25) is 0 Å². The SMILES string of the molecule is CCOc1ccc(C2(C)NCCCN(C)C2=O)cc1. The Labute approximate surface area is 114 Å². The Morgan fingerprint density at radius 2 is 2.05 bits per heavy atom. The standard InChI is InChI=1S/C15H22N2O2/c1-4-19-13-8-6-12(7-9-13)15(2)14(18)17(3)11-5-10-16-15/h6-9,16H,4-5,10-11H2,1-3H3. The predicted octanol–water partition coefficient (Wildman–Crippen LogP) is 1.75. The summed E-state index contributed by atoms with van der Waals surface area (Å²) in [5.74, 6) is 0.957. The Hall–Kier alpha value is -1.55. The van der Waals surface area contributed by atoms with Crippen LogP contribution in [0.4, 0.5) is 0 Å². The third-order valence-electron chi connectivity index (χ3n) is 3.67. The van der Waals surface area contributed by atoms with E-state index in [1.807, 2.05) is 45.2 Å². The Kier molecular flexibility index (Phi) is 4.10. The van der Waals surface area contributed by atoms with Crippen LogP contribution in [0.1, 0.15) is 25.8 Å². The molecule has 4 heteroatoms. The van der Waals surface area contributed by atoms with E-state index >= 15 is 0 Å². The highest BCUT2D eigenvalue weighted by molar-refractivity contribution is 5.87. The molecule has 0 spiro atoms. The van der Waals surface area contributed by atoms with E-state index in [1.54, 1.807) is 4.90 Å². The summed E-state index contributed by atoms with van der Waals surface area (Å²) >= 11 is 0. The van der Waals surface area contributed by atoms with E-state index in [0.717, 1.165) is 30.8 Å². The molecule has 104 valence electrons. The Morgan fingerprint density at radius 3 is 2.68 bits per heavy atom. The van der Waals surface area contributed by atoms with Gasteiger partial charge in [0.05, 0.1) is 6.61 Å². The smallest absolute Gasteiger partial charge is 0.246 e. The molecule has 1 aromatic rings. The first-order chi connectivity index (χ1) is 9.08. The summed E-state index contributed by atoms with van der Waals surface area (Å²) in [5.41, 5.74) is 0.338. The van der Waals surface area contributed by atoms with Gasteiger partial charge in [-0.05, 0) is 44.5 Å². The molecule has 1 amide bonds. The number of ether oxygens (including phenoxy) is 1. The quantitative estimate of drug-likeness (QED) is 0.902. The van der Waals surface area contributed by atoms with Crippen molar-refractivity contribution in [1.82, 2.24) is 10.2 Å². The molecule has 1 unspecified atom stereocenters. The molecule has 1 aliphatic heterocycles. The summed E-state index contributed by atoms with van der Waals surface area (Å²) in [7, 11) is 1.86. The van der Waals surface area contributed by atoms with Crippen molar-refractivity contribution in [3.63, 3.8) is 0 Å². The van der Waals surface area contributed by atoms with Crippen molar-refractivity contribution in [2.45, 2.75) is 25.8 Å². The third-order valence-corrected chi connectivity index (χ3v) is 3.67. The van der Waals surface area contributed by atoms with Crippen LogP contribution in [0, 0.1) is 0 Å². The molecule has 0 saturated carbocycles. The average molecular weight is 262 g/mol. The number of hydrogen-bond acceptors (Lipinski definition) is 3. The number of benzene rings is 1. The molecule has 2 rings (SSSR count). The third kappa shape index (κ3) is 2.73. The second-order valence-electron chi connectivity index (χ2n) is 5.09. The van der Waals surface area contributed by atoms with E-state index in [4.69, 9.17) is 4.74 Å². The molecule has 0 aromatic heterocycles. The zero-order valence-corrected chi connectivity index (χ0v) is 11.9. The number of amides is 1. The van der Waals surface area contributed by atoms with Crippen LogP contribution < -0.4 is 10.1 Å². The maximum atomic E-state index is 12.5. The predicted molar refractivity (Wildman–Crippen MR) is 75.2 cm³/mol. The van der Waals surface area contributed by atoms with E-state index in [2.05, 4.69) is 5.32 Å². The minimum absolute atomic E-state index is 0.120. The fourth-order valence-corrected chi connectivity index (χ4v) is 2.49. The van der Waals surface area contributed by atoms with Crippen LogP contribution in [0.25, 0.3) is 0 Å². The van der Waals surface area contributed by atoms with Gasteiger partial charge in [-0.3, -0.25) is 10.1 Å². The van der Waals surface area contributed by atoms with Gasteiger partial charge in [-0.25, -0.2) is 0 Å². The average Bonchev–Trinajstić information content (AvgIpc) is 2.54. The van der Waals surface area contributed by atoms with Gasteiger partial charge in [-0.2, -0.15) is 0 Å². The summed E-state index contributed by atoms with van der Waals surface area (Å²) in [6.07, 6.45) is 0.981. The molecule has 1 atom stereocenters. The Balaban J connectivity index is 2.28. The first kappa shape index (κ1) is 13.9. The lowest BCUT2D eigenvalue weighted by Gasteiger charge is -2.31. The highest BCUT2D eigenvalue weighted by atomic mass is 16.5. The summed E-state index contributed by atoms with van der Waals surface area (Å²) in [6, 6.07) is 7.78. The lowest BCUT2D eigenvalue weighted by atomic mass is 9.90. The topological polar surface area (TPSA) is 41.6 Å². The monoisotopic (exact) mass is 262 g/mol. The molecule has 0 bridgehead atoms. The number of rotatable bonds is 3. The fraction of sp³-hybridized carbons (Fsp3) is 0.533. The van der Waals surface area contributed by atoms with Crippen molar-refractivity contribution >= 4 is 5.91 Å². The van der Waals surface area contributed by atoms with Gasteiger partial charge in [-0.15, -0.1) is 0 Å². The van der Waals surface area contributed by atoms with E-state index in [9.17, 15) is 4.79 Å². The summed E-state index contributed by atoms with van der Waals surface area (Å²) < 4.78 is 5.44. The first-order valence-electron chi connectivity index (χ1n) is 6.82. The summed E-state index contributed by atoms with van der Waals surface area (Å²) in [5, 5.41) is 3.37. The summed E-state index contributed by atoms with van der Waals surface area (Å²) in [6.45, 7) is 6.21. The summed E-state index contributed by atoms with van der Waals surface area (Å²) in [4.78, 5) is 14.3. The van der Waals surface area contributed by atoms with Gasteiger partial charge < -0.3 is 9.64 Å². The molecule has 4 nitrogen and oxygen atoms in total. The van der Waals surface area contributed by atoms with Crippen molar-refractivity contribution in [2.75, 3.05) is 26.7 Å². The van der Waals surface area contributed by atoms with Crippen LogP contribution in [0.5, 0.6) is 5.75 Å². The maximum Gasteiger partial charge on any atom is 0.246 e. The second kappa shape index (κ2) is 5.61. The molecule has 0 aliphatic carbocycles. The first-order valence-corrected chi connectivity index (χ1v) is 6.82. The van der Waals surface area contributed by atoms with Crippen LogP contribution in [-0.4, -0.2) is 37.6 Å². The number of carbonyl (C=O) groups is 1. The molecule has 0 radical (unpaired) electrons. The van der Waals surface area contributed by atoms with E-state index in [-0.39, 0.29) is 5.91 Å². The second-order valence-corrected chi connectivity index (χ2v) is 5.09. The highest BCUT2D eigenvalue weighted by Crippen LogP contribution is 2.26. The van der Waals surface area contributed by atoms with Crippen LogP contribution in [0.15, 0.2) is 24.3 Å². The van der Waals surface area contributed by atoms with Gasteiger partial charge >= 0.3 is 0 Å². The fourth-order valence-electron chi connectivity index (χ4n) is 2.49. The van der Waals surface area contributed by atoms with Gasteiger partial charge in [0.1, 0.15) is 11.3 Å². The van der Waals surface area contributed by atoms with E-state index in [0.29, 0.717) is 6.61 Å². The van der Waals surface area contributed by atoms with Crippen molar-refractivity contribution in [3.05, 3.63) is 29.8 Å². The normalized spacial score (nSPS) is 24.2. The van der Waals surface area contributed by atoms with Gasteiger partial charge in [0, 0.05) is 13.6 Å². The van der Waals surface area contributed by atoms with Gasteiger partial charge in [-0.1, -0.05) is 12.1 Å². The molecular weight excluding hydrogens is 240 g/mol. The molecule has 1 heterocycles. The van der Waals surface area contributed by atoms with Crippen LogP contribution in [0.3, 0.4) is 0 Å². The van der Waals surface area contributed by atoms with Gasteiger partial charge in [0.15, 0.2) is 0 Å². The Bertz CT molecular complexity index is 444. The zero-order valence-electron chi connectivity index (χ0n) is 11.9. The van der Waals surface area contributed by atoms with Gasteiger partial charge in [0.2, 0.25) is 5.91 Å². The minimum atomic E-state index is -0.643. The molecule has 1 saturated heterocycles. The van der Waals surface area contributed by atoms with Crippen molar-refractivity contribution in [2.24, 2.45) is 0 Å². The molecular formula is C15H22N2O2. The van der Waals surface area contributed by atoms with E-state index in [1.165, 1.54) is 0 Å². The number of hydrogen-bond donors (Lipinski definition) is 1. The molecule has 1 fully saturated rings. The largest absolute Gasteiger partial charge is 0.494 e. The lowest BCUT2D eigenvalue weighted by molar-refractivity contribution is -0.135. The molecule has 1 N–H and O–H groups in total. The number of carbonyl (C=O) groups excluding carboxylic acids is 1. The molecule has 19 heavy (non-hydrogen) atoms. The zero-order chi connectivity index (χ0) is 13.9. The highest BCUT2D eigenvalue weighted by Gasteiger charge is 2.38. The van der Waals surface area contributed by atoms with Crippen molar-refractivity contribution in [1.29, 1.82) is 0 Å². The van der Waals surface area contributed by atoms with Gasteiger partial charge in [0.25, 0.3) is 0 Å².